The number of nitrogens with zero attached hydrogens (tertiary/aromatic N) is 2. The summed E-state index contributed by atoms with van der Waals surface area (Å²) >= 11 is 1.64. The number of fused-ring (bicyclic) bond motifs is 3. The Balaban J connectivity index is 1.42. The van der Waals surface area contributed by atoms with Gasteiger partial charge in [-0.1, -0.05) is 6.07 Å². The highest BCUT2D eigenvalue weighted by atomic mass is 32.1. The second-order valence-electron chi connectivity index (χ2n) is 7.55. The Morgan fingerprint density at radius 1 is 1.33 bits per heavy atom. The van der Waals surface area contributed by atoms with Gasteiger partial charge in [0.25, 0.3) is 11.8 Å². The smallest absolute Gasteiger partial charge is 0.276 e. The zero-order valence-corrected chi connectivity index (χ0v) is 16.9. The summed E-state index contributed by atoms with van der Waals surface area (Å²) in [6, 6.07) is 7.75. The van der Waals surface area contributed by atoms with Crippen molar-refractivity contribution in [3.8, 4) is 5.75 Å². The standard InChI is InChI=1S/C21H19N3O5S/c1-11-10-29-16-9-23-8-14(18(25)19(26)17(23)21(28)24(11)16)20(27)22-7-12-2-3-15-13(6-12)4-5-30-15/h2-6,8,11,16,26H,7,9-10H2,1H3,(H,22,27)/t11-,16+/m0/s1. The maximum atomic E-state index is 12.8. The van der Waals surface area contributed by atoms with Crippen LogP contribution in [0.1, 0.15) is 33.3 Å². The van der Waals surface area contributed by atoms with Crippen LogP contribution in [0, 0.1) is 0 Å². The van der Waals surface area contributed by atoms with Crippen molar-refractivity contribution in [2.24, 2.45) is 0 Å². The molecule has 154 valence electrons. The molecule has 2 atom stereocenters. The number of hydrogen-bond acceptors (Lipinski definition) is 6. The van der Waals surface area contributed by atoms with Gasteiger partial charge in [-0.15, -0.1) is 11.3 Å². The molecule has 2 aromatic heterocycles. The van der Waals surface area contributed by atoms with E-state index in [2.05, 4.69) is 5.32 Å². The van der Waals surface area contributed by atoms with Crippen molar-refractivity contribution in [1.82, 2.24) is 14.8 Å². The minimum Gasteiger partial charge on any atom is -0.503 e. The first-order valence-corrected chi connectivity index (χ1v) is 10.5. The van der Waals surface area contributed by atoms with Crippen LogP contribution in [0.3, 0.4) is 0 Å². The van der Waals surface area contributed by atoms with Crippen LogP contribution in [0.5, 0.6) is 5.75 Å². The van der Waals surface area contributed by atoms with E-state index in [1.54, 1.807) is 11.3 Å². The third-order valence-corrected chi connectivity index (χ3v) is 6.47. The number of carbonyl (C=O) groups is 2. The lowest BCUT2D eigenvalue weighted by Crippen LogP contribution is -2.49. The molecule has 3 aromatic rings. The van der Waals surface area contributed by atoms with Crippen LogP contribution in [0.4, 0.5) is 0 Å². The number of aromatic hydroxyl groups is 1. The molecule has 2 amide bonds. The average molecular weight is 425 g/mol. The summed E-state index contributed by atoms with van der Waals surface area (Å²) in [5.74, 6) is -1.78. The first kappa shape index (κ1) is 18.8. The van der Waals surface area contributed by atoms with E-state index < -0.39 is 29.2 Å². The normalized spacial score (nSPS) is 20.3. The summed E-state index contributed by atoms with van der Waals surface area (Å²) in [4.78, 5) is 39.6. The lowest BCUT2D eigenvalue weighted by molar-refractivity contribution is 0.00624. The van der Waals surface area contributed by atoms with Crippen molar-refractivity contribution in [1.29, 1.82) is 0 Å². The second kappa shape index (κ2) is 6.96. The van der Waals surface area contributed by atoms with E-state index in [0.29, 0.717) is 6.61 Å². The first-order chi connectivity index (χ1) is 14.4. The minimum absolute atomic E-state index is 0.104. The fourth-order valence-corrected chi connectivity index (χ4v) is 4.81. The third-order valence-electron chi connectivity index (χ3n) is 5.58. The molecule has 9 heteroatoms. The molecule has 1 aromatic carbocycles. The molecule has 30 heavy (non-hydrogen) atoms. The van der Waals surface area contributed by atoms with Crippen molar-refractivity contribution in [2.45, 2.75) is 32.3 Å². The van der Waals surface area contributed by atoms with Crippen LogP contribution in [0.2, 0.25) is 0 Å². The van der Waals surface area contributed by atoms with E-state index in [9.17, 15) is 19.5 Å². The van der Waals surface area contributed by atoms with Gasteiger partial charge in [0.1, 0.15) is 5.56 Å². The molecule has 8 nitrogen and oxygen atoms in total. The summed E-state index contributed by atoms with van der Waals surface area (Å²) in [5, 5.41) is 16.2. The molecule has 0 bridgehead atoms. The number of benzene rings is 1. The van der Waals surface area contributed by atoms with Gasteiger partial charge in [-0.25, -0.2) is 0 Å². The summed E-state index contributed by atoms with van der Waals surface area (Å²) < 4.78 is 8.22. The van der Waals surface area contributed by atoms with E-state index in [1.165, 1.54) is 15.7 Å². The number of thiophene rings is 1. The third kappa shape index (κ3) is 2.89. The Hall–Kier alpha value is -3.17. The van der Waals surface area contributed by atoms with E-state index in [-0.39, 0.29) is 30.4 Å². The molecule has 4 heterocycles. The Labute approximate surface area is 175 Å². The molecule has 5 rings (SSSR count). The topological polar surface area (TPSA) is 101 Å². The Kier molecular flexibility index (Phi) is 4.37. The van der Waals surface area contributed by atoms with Gasteiger partial charge in [-0.2, -0.15) is 0 Å². The predicted molar refractivity (Wildman–Crippen MR) is 111 cm³/mol. The number of ether oxygens (including phenoxy) is 1. The summed E-state index contributed by atoms with van der Waals surface area (Å²) in [6.45, 7) is 2.71. The number of hydrogen-bond donors (Lipinski definition) is 2. The lowest BCUT2D eigenvalue weighted by Gasteiger charge is -2.33. The Morgan fingerprint density at radius 2 is 2.17 bits per heavy atom. The van der Waals surface area contributed by atoms with Crippen molar-refractivity contribution in [3.05, 3.63) is 62.9 Å². The highest BCUT2D eigenvalue weighted by Gasteiger charge is 2.42. The van der Waals surface area contributed by atoms with Crippen LogP contribution < -0.4 is 10.7 Å². The predicted octanol–water partition coefficient (Wildman–Crippen LogP) is 1.90. The molecule has 0 spiro atoms. The SMILES string of the molecule is C[C@H]1CO[C@@H]2Cn3cc(C(=O)NCc4ccc5sccc5c4)c(=O)c(O)c3C(=O)N12. The van der Waals surface area contributed by atoms with Crippen LogP contribution in [0.15, 0.2) is 40.6 Å². The van der Waals surface area contributed by atoms with Gasteiger partial charge in [0.2, 0.25) is 5.43 Å². The van der Waals surface area contributed by atoms with Gasteiger partial charge in [-0.3, -0.25) is 14.4 Å². The number of carbonyl (C=O) groups excluding carboxylic acids is 2. The summed E-state index contributed by atoms with van der Waals surface area (Å²) in [5.41, 5.74) is -0.268. The zero-order valence-electron chi connectivity index (χ0n) is 16.1. The highest BCUT2D eigenvalue weighted by molar-refractivity contribution is 7.17. The molecule has 0 saturated carbocycles. The number of aromatic nitrogens is 1. The van der Waals surface area contributed by atoms with Gasteiger partial charge in [0.05, 0.1) is 19.2 Å². The highest BCUT2D eigenvalue weighted by Crippen LogP contribution is 2.29. The Bertz CT molecular complexity index is 1250. The number of amides is 2. The molecule has 1 fully saturated rings. The van der Waals surface area contributed by atoms with Gasteiger partial charge in [0.15, 0.2) is 17.7 Å². The fourth-order valence-electron chi connectivity index (χ4n) is 4.04. The number of pyridine rings is 1. The van der Waals surface area contributed by atoms with Crippen molar-refractivity contribution in [2.75, 3.05) is 6.61 Å². The largest absolute Gasteiger partial charge is 0.503 e. The van der Waals surface area contributed by atoms with Crippen LogP contribution >= 0.6 is 11.3 Å². The van der Waals surface area contributed by atoms with Gasteiger partial charge in [0, 0.05) is 17.4 Å². The van der Waals surface area contributed by atoms with E-state index in [1.807, 2.05) is 36.6 Å². The van der Waals surface area contributed by atoms with E-state index >= 15 is 0 Å². The molecule has 0 unspecified atom stereocenters. The maximum absolute atomic E-state index is 12.8. The summed E-state index contributed by atoms with van der Waals surface area (Å²) in [7, 11) is 0. The maximum Gasteiger partial charge on any atom is 0.276 e. The molecular formula is C21H19N3O5S. The number of nitrogens with one attached hydrogen (secondary N) is 1. The van der Waals surface area contributed by atoms with Crippen LogP contribution in [0.25, 0.3) is 10.1 Å². The van der Waals surface area contributed by atoms with Crippen molar-refractivity contribution < 1.29 is 19.4 Å². The Morgan fingerprint density at radius 3 is 3.00 bits per heavy atom. The van der Waals surface area contributed by atoms with Gasteiger partial charge >= 0.3 is 0 Å². The molecule has 2 N–H and O–H groups in total. The molecule has 0 aliphatic carbocycles. The van der Waals surface area contributed by atoms with Crippen molar-refractivity contribution >= 4 is 33.2 Å². The fraction of sp³-hybridized carbons (Fsp3) is 0.286. The summed E-state index contributed by atoms with van der Waals surface area (Å²) in [6.07, 6.45) is 0.853. The van der Waals surface area contributed by atoms with Crippen molar-refractivity contribution in [3.63, 3.8) is 0 Å². The average Bonchev–Trinajstić information content (AvgIpc) is 3.35. The molecule has 2 aliphatic rings. The first-order valence-electron chi connectivity index (χ1n) is 9.59. The quantitative estimate of drug-likeness (QED) is 0.668. The molecule has 2 aliphatic heterocycles. The van der Waals surface area contributed by atoms with Crippen LogP contribution in [-0.4, -0.2) is 45.3 Å². The van der Waals surface area contributed by atoms with E-state index in [0.717, 1.165) is 15.6 Å². The van der Waals surface area contributed by atoms with Gasteiger partial charge in [-0.05, 0) is 41.5 Å². The van der Waals surface area contributed by atoms with E-state index in [4.69, 9.17) is 4.74 Å². The molecule has 0 radical (unpaired) electrons. The second-order valence-corrected chi connectivity index (χ2v) is 8.49. The monoisotopic (exact) mass is 425 g/mol. The van der Waals surface area contributed by atoms with Gasteiger partial charge < -0.3 is 24.6 Å². The van der Waals surface area contributed by atoms with Crippen LogP contribution in [-0.2, 0) is 17.8 Å². The minimum atomic E-state index is -0.855. The number of rotatable bonds is 3. The molecule has 1 saturated heterocycles. The lowest BCUT2D eigenvalue weighted by atomic mass is 10.1. The molecular weight excluding hydrogens is 406 g/mol. The zero-order chi connectivity index (χ0) is 21.0.